The van der Waals surface area contributed by atoms with Crippen molar-refractivity contribution in [1.29, 1.82) is 0 Å². The monoisotopic (exact) mass is 343 g/mol. The van der Waals surface area contributed by atoms with Gasteiger partial charge in [0, 0.05) is 19.8 Å². The Bertz CT molecular complexity index is 882. The number of thiazole rings is 1. The zero-order valence-electron chi connectivity index (χ0n) is 14.3. The zero-order valence-corrected chi connectivity index (χ0v) is 15.1. The number of hydrogen-bond donors (Lipinski definition) is 1. The number of aryl methyl sites for hydroxylation is 2. The molecule has 3 aromatic heterocycles. The molecule has 0 unspecified atom stereocenters. The van der Waals surface area contributed by atoms with Crippen LogP contribution in [-0.2, 0) is 6.54 Å². The lowest BCUT2D eigenvalue weighted by molar-refractivity contribution is 0.0787. The Morgan fingerprint density at radius 2 is 2.08 bits per heavy atom. The number of fused-ring (bicyclic) bond motifs is 1. The van der Waals surface area contributed by atoms with E-state index in [4.69, 9.17) is 0 Å². The lowest BCUT2D eigenvalue weighted by atomic mass is 10.3. The maximum atomic E-state index is 12.8. The van der Waals surface area contributed by atoms with Crippen molar-refractivity contribution in [2.75, 3.05) is 18.9 Å². The Kier molecular flexibility index (Phi) is 4.53. The Hall–Kier alpha value is -2.41. The Balaban J connectivity index is 1.85. The van der Waals surface area contributed by atoms with Gasteiger partial charge in [-0.3, -0.25) is 4.79 Å². The molecule has 3 heterocycles. The summed E-state index contributed by atoms with van der Waals surface area (Å²) in [6.07, 6.45) is 1.98. The maximum absolute atomic E-state index is 12.8. The molecule has 1 N–H and O–H groups in total. The van der Waals surface area contributed by atoms with Gasteiger partial charge in [-0.2, -0.15) is 0 Å². The summed E-state index contributed by atoms with van der Waals surface area (Å²) in [7, 11) is 1.82. The summed E-state index contributed by atoms with van der Waals surface area (Å²) in [5.74, 6) is -0.0144. The van der Waals surface area contributed by atoms with Crippen molar-refractivity contribution in [2.45, 2.75) is 27.3 Å². The Labute approximate surface area is 145 Å². The first kappa shape index (κ1) is 16.4. The average molecular weight is 343 g/mol. The van der Waals surface area contributed by atoms with E-state index in [-0.39, 0.29) is 5.91 Å². The molecule has 126 valence electrons. The molecule has 7 heteroatoms. The second kappa shape index (κ2) is 6.60. The van der Waals surface area contributed by atoms with Gasteiger partial charge in [-0.05, 0) is 32.9 Å². The minimum absolute atomic E-state index is 0.0144. The molecule has 0 spiro atoms. The van der Waals surface area contributed by atoms with Gasteiger partial charge in [-0.15, -0.1) is 0 Å². The predicted octanol–water partition coefficient (Wildman–Crippen LogP) is 3.11. The first-order valence-electron chi connectivity index (χ1n) is 7.90. The molecule has 0 fully saturated rings. The molecule has 1 amide bonds. The number of pyridine rings is 1. The van der Waals surface area contributed by atoms with E-state index in [9.17, 15) is 4.79 Å². The number of anilines is 1. The van der Waals surface area contributed by atoms with Crippen LogP contribution >= 0.6 is 11.3 Å². The van der Waals surface area contributed by atoms with Crippen LogP contribution in [0.15, 0.2) is 24.4 Å². The molecule has 0 aliphatic carbocycles. The number of nitrogens with zero attached hydrogens (tertiary/aromatic N) is 4. The largest absolute Gasteiger partial charge is 0.362 e. The molecule has 0 bridgehead atoms. The highest BCUT2D eigenvalue weighted by molar-refractivity contribution is 7.17. The molecule has 0 radical (unpaired) electrons. The molecular formula is C17H21N5OS. The van der Waals surface area contributed by atoms with Gasteiger partial charge >= 0.3 is 0 Å². The smallest absolute Gasteiger partial charge is 0.266 e. The normalized spacial score (nSPS) is 11.0. The van der Waals surface area contributed by atoms with E-state index in [2.05, 4.69) is 15.3 Å². The van der Waals surface area contributed by atoms with Gasteiger partial charge in [0.25, 0.3) is 5.91 Å². The summed E-state index contributed by atoms with van der Waals surface area (Å²) in [6, 6.07) is 5.90. The van der Waals surface area contributed by atoms with Gasteiger partial charge in [0.1, 0.15) is 10.5 Å². The van der Waals surface area contributed by atoms with Crippen LogP contribution in [0.4, 0.5) is 5.13 Å². The lowest BCUT2D eigenvalue weighted by Crippen LogP contribution is -2.27. The van der Waals surface area contributed by atoms with Crippen LogP contribution in [0.2, 0.25) is 0 Å². The van der Waals surface area contributed by atoms with Crippen LogP contribution in [0, 0.1) is 13.8 Å². The zero-order chi connectivity index (χ0) is 17.3. The van der Waals surface area contributed by atoms with Crippen molar-refractivity contribution in [3.63, 3.8) is 0 Å². The topological polar surface area (TPSA) is 62.5 Å². The summed E-state index contributed by atoms with van der Waals surface area (Å²) in [4.78, 5) is 24.2. The number of carbonyl (C=O) groups is 1. The summed E-state index contributed by atoms with van der Waals surface area (Å²) in [5.41, 5.74) is 3.63. The molecule has 0 saturated carbocycles. The second-order valence-corrected chi connectivity index (χ2v) is 6.70. The molecule has 0 aliphatic rings. The third kappa shape index (κ3) is 2.99. The highest BCUT2D eigenvalue weighted by Gasteiger charge is 2.21. The minimum atomic E-state index is -0.0144. The van der Waals surface area contributed by atoms with E-state index >= 15 is 0 Å². The molecular weight excluding hydrogens is 322 g/mol. The van der Waals surface area contributed by atoms with E-state index < -0.39 is 0 Å². The fourth-order valence-corrected chi connectivity index (χ4v) is 3.68. The summed E-state index contributed by atoms with van der Waals surface area (Å²) in [6.45, 7) is 7.15. The van der Waals surface area contributed by atoms with E-state index in [0.29, 0.717) is 11.4 Å². The minimum Gasteiger partial charge on any atom is -0.362 e. The fourth-order valence-electron chi connectivity index (χ4n) is 2.65. The number of amides is 1. The highest BCUT2D eigenvalue weighted by atomic mass is 32.1. The maximum Gasteiger partial charge on any atom is 0.266 e. The van der Waals surface area contributed by atoms with Gasteiger partial charge < -0.3 is 14.6 Å². The Morgan fingerprint density at radius 3 is 2.83 bits per heavy atom. The van der Waals surface area contributed by atoms with Gasteiger partial charge in [0.05, 0.1) is 23.6 Å². The molecule has 0 atom stereocenters. The van der Waals surface area contributed by atoms with Crippen molar-refractivity contribution in [3.05, 3.63) is 46.4 Å². The molecule has 0 saturated heterocycles. The third-order valence-corrected chi connectivity index (χ3v) is 4.98. The van der Waals surface area contributed by atoms with Gasteiger partial charge in [-0.1, -0.05) is 17.4 Å². The number of carbonyl (C=O) groups excluding carboxylic acids is 1. The summed E-state index contributed by atoms with van der Waals surface area (Å²) >= 11 is 1.41. The van der Waals surface area contributed by atoms with Crippen LogP contribution < -0.4 is 5.32 Å². The van der Waals surface area contributed by atoms with E-state index in [0.717, 1.165) is 34.4 Å². The van der Waals surface area contributed by atoms with E-state index in [1.165, 1.54) is 11.3 Å². The predicted molar refractivity (Wildman–Crippen MR) is 96.7 cm³/mol. The number of hydrogen-bond acceptors (Lipinski definition) is 5. The lowest BCUT2D eigenvalue weighted by Gasteiger charge is -2.17. The van der Waals surface area contributed by atoms with E-state index in [1.54, 1.807) is 4.90 Å². The number of aromatic nitrogens is 3. The molecule has 0 aliphatic heterocycles. The van der Waals surface area contributed by atoms with Crippen LogP contribution in [0.5, 0.6) is 0 Å². The molecule has 24 heavy (non-hydrogen) atoms. The molecule has 3 aromatic rings. The van der Waals surface area contributed by atoms with Gasteiger partial charge in [0.2, 0.25) is 0 Å². The quantitative estimate of drug-likeness (QED) is 0.773. The van der Waals surface area contributed by atoms with Crippen molar-refractivity contribution >= 4 is 28.0 Å². The van der Waals surface area contributed by atoms with Crippen LogP contribution in [-0.4, -0.2) is 38.8 Å². The molecule has 0 aromatic carbocycles. The number of imidazole rings is 1. The summed E-state index contributed by atoms with van der Waals surface area (Å²) in [5, 5.41) is 3.95. The Morgan fingerprint density at radius 1 is 1.29 bits per heavy atom. The molecule has 3 rings (SSSR count). The second-order valence-electron chi connectivity index (χ2n) is 5.70. The summed E-state index contributed by atoms with van der Waals surface area (Å²) < 4.78 is 2.03. The van der Waals surface area contributed by atoms with Crippen molar-refractivity contribution in [1.82, 2.24) is 19.3 Å². The van der Waals surface area contributed by atoms with Gasteiger partial charge in [0.15, 0.2) is 5.13 Å². The SMILES string of the molecule is CCNc1nc(C)c(C(=O)N(C)Cc2c(C)nc3ccccn23)s1. The molecule has 6 nitrogen and oxygen atoms in total. The fraction of sp³-hybridized carbons (Fsp3) is 0.353. The first-order valence-corrected chi connectivity index (χ1v) is 8.72. The average Bonchev–Trinajstić information content (AvgIpc) is 3.07. The highest BCUT2D eigenvalue weighted by Crippen LogP contribution is 2.24. The van der Waals surface area contributed by atoms with E-state index in [1.807, 2.05) is 56.6 Å². The van der Waals surface area contributed by atoms with Crippen molar-refractivity contribution < 1.29 is 4.79 Å². The number of nitrogens with one attached hydrogen (secondary N) is 1. The van der Waals surface area contributed by atoms with Crippen molar-refractivity contribution in [2.24, 2.45) is 0 Å². The van der Waals surface area contributed by atoms with Crippen LogP contribution in [0.25, 0.3) is 5.65 Å². The number of rotatable bonds is 5. The van der Waals surface area contributed by atoms with Gasteiger partial charge in [-0.25, -0.2) is 9.97 Å². The first-order chi connectivity index (χ1) is 11.5. The third-order valence-electron chi connectivity index (χ3n) is 3.88. The van der Waals surface area contributed by atoms with Crippen molar-refractivity contribution in [3.8, 4) is 0 Å². The standard InChI is InChI=1S/C17H21N5OS/c1-5-18-17-20-12(3)15(24-17)16(23)21(4)10-13-11(2)19-14-8-6-7-9-22(13)14/h6-9H,5,10H2,1-4H3,(H,18,20). The van der Waals surface area contributed by atoms with Crippen LogP contribution in [0.3, 0.4) is 0 Å². The van der Waals surface area contributed by atoms with Crippen LogP contribution in [0.1, 0.15) is 33.7 Å².